The molecule has 1 unspecified atom stereocenters. The molecule has 0 saturated carbocycles. The minimum absolute atomic E-state index is 0.0608. The van der Waals surface area contributed by atoms with Crippen molar-refractivity contribution in [2.24, 2.45) is 0 Å². The molecule has 0 bridgehead atoms. The molecule has 3 nitrogen and oxygen atoms in total. The summed E-state index contributed by atoms with van der Waals surface area (Å²) in [7, 11) is 1.58. The standard InChI is InChI=1S/C7H10O3/c1-5(9-2)6-3-4-10-7(6)8/h3-5,8H,1-2H3. The molecule has 1 N–H and O–H groups in total. The topological polar surface area (TPSA) is 42.6 Å². The van der Waals surface area contributed by atoms with Gasteiger partial charge in [-0.15, -0.1) is 0 Å². The third-order valence-corrected chi connectivity index (χ3v) is 1.47. The molecular formula is C7H10O3. The smallest absolute Gasteiger partial charge is 0.287 e. The molecule has 0 fully saturated rings. The highest BCUT2D eigenvalue weighted by atomic mass is 16.5. The van der Waals surface area contributed by atoms with Crippen molar-refractivity contribution < 1.29 is 14.3 Å². The van der Waals surface area contributed by atoms with Crippen LogP contribution in [0.15, 0.2) is 16.7 Å². The number of hydrogen-bond acceptors (Lipinski definition) is 3. The van der Waals surface area contributed by atoms with Crippen LogP contribution in [-0.4, -0.2) is 12.2 Å². The lowest BCUT2D eigenvalue weighted by Gasteiger charge is -2.04. The molecule has 0 aliphatic carbocycles. The Hall–Kier alpha value is -0.960. The van der Waals surface area contributed by atoms with E-state index in [-0.39, 0.29) is 12.1 Å². The van der Waals surface area contributed by atoms with Crippen LogP contribution in [0.1, 0.15) is 18.6 Å². The maximum atomic E-state index is 9.01. The summed E-state index contributed by atoms with van der Waals surface area (Å²) >= 11 is 0. The Kier molecular flexibility index (Phi) is 1.97. The predicted octanol–water partition coefficient (Wildman–Crippen LogP) is 1.69. The fraction of sp³-hybridized carbons (Fsp3) is 0.429. The van der Waals surface area contributed by atoms with Gasteiger partial charge in [0.1, 0.15) is 0 Å². The van der Waals surface area contributed by atoms with Gasteiger partial charge in [-0.25, -0.2) is 0 Å². The van der Waals surface area contributed by atoms with E-state index in [1.165, 1.54) is 6.26 Å². The Morgan fingerprint density at radius 1 is 1.70 bits per heavy atom. The molecule has 0 saturated heterocycles. The number of rotatable bonds is 2. The molecule has 10 heavy (non-hydrogen) atoms. The summed E-state index contributed by atoms with van der Waals surface area (Å²) in [4.78, 5) is 0. The zero-order chi connectivity index (χ0) is 7.56. The first kappa shape index (κ1) is 7.15. The maximum Gasteiger partial charge on any atom is 0.287 e. The van der Waals surface area contributed by atoms with Gasteiger partial charge in [-0.1, -0.05) is 0 Å². The van der Waals surface area contributed by atoms with Crippen molar-refractivity contribution in [1.82, 2.24) is 0 Å². The quantitative estimate of drug-likeness (QED) is 0.683. The second-order valence-electron chi connectivity index (χ2n) is 2.06. The lowest BCUT2D eigenvalue weighted by Crippen LogP contribution is -1.92. The molecule has 0 aliphatic rings. The zero-order valence-corrected chi connectivity index (χ0v) is 6.00. The summed E-state index contributed by atoms with van der Waals surface area (Å²) in [5.41, 5.74) is 0.683. The molecule has 1 aromatic heterocycles. The van der Waals surface area contributed by atoms with Gasteiger partial charge in [0.05, 0.1) is 17.9 Å². The molecule has 56 valence electrons. The van der Waals surface area contributed by atoms with E-state index < -0.39 is 0 Å². The van der Waals surface area contributed by atoms with Gasteiger partial charge in [0.15, 0.2) is 0 Å². The van der Waals surface area contributed by atoms with E-state index >= 15 is 0 Å². The molecule has 0 aliphatic heterocycles. The highest BCUT2D eigenvalue weighted by Crippen LogP contribution is 2.26. The monoisotopic (exact) mass is 142 g/mol. The molecule has 1 heterocycles. The van der Waals surface area contributed by atoms with Crippen molar-refractivity contribution >= 4 is 0 Å². The third-order valence-electron chi connectivity index (χ3n) is 1.47. The Balaban J connectivity index is 2.82. The minimum atomic E-state index is -0.112. The van der Waals surface area contributed by atoms with Crippen LogP contribution in [0.4, 0.5) is 0 Å². The van der Waals surface area contributed by atoms with E-state index in [2.05, 4.69) is 4.42 Å². The number of aromatic hydroxyl groups is 1. The van der Waals surface area contributed by atoms with Crippen LogP contribution in [-0.2, 0) is 4.74 Å². The molecular weight excluding hydrogens is 132 g/mol. The van der Waals surface area contributed by atoms with E-state index in [0.717, 1.165) is 0 Å². The predicted molar refractivity (Wildman–Crippen MR) is 35.8 cm³/mol. The second-order valence-corrected chi connectivity index (χ2v) is 2.06. The lowest BCUT2D eigenvalue weighted by molar-refractivity contribution is 0.115. The Morgan fingerprint density at radius 3 is 2.80 bits per heavy atom. The first-order valence-electron chi connectivity index (χ1n) is 3.05. The van der Waals surface area contributed by atoms with Crippen molar-refractivity contribution in [3.63, 3.8) is 0 Å². The molecule has 3 heteroatoms. The van der Waals surface area contributed by atoms with Crippen molar-refractivity contribution in [2.75, 3.05) is 7.11 Å². The second kappa shape index (κ2) is 2.75. The van der Waals surface area contributed by atoms with Gasteiger partial charge in [-0.3, -0.25) is 0 Å². The van der Waals surface area contributed by atoms with Crippen molar-refractivity contribution in [3.8, 4) is 5.95 Å². The van der Waals surface area contributed by atoms with Gasteiger partial charge in [0.2, 0.25) is 0 Å². The van der Waals surface area contributed by atoms with Gasteiger partial charge in [0.25, 0.3) is 5.95 Å². The van der Waals surface area contributed by atoms with Crippen LogP contribution < -0.4 is 0 Å². The zero-order valence-electron chi connectivity index (χ0n) is 6.00. The molecule has 1 aromatic rings. The van der Waals surface area contributed by atoms with Crippen molar-refractivity contribution in [2.45, 2.75) is 13.0 Å². The van der Waals surface area contributed by atoms with Crippen molar-refractivity contribution in [1.29, 1.82) is 0 Å². The molecule has 1 rings (SSSR count). The SMILES string of the molecule is COC(C)c1ccoc1O. The van der Waals surface area contributed by atoms with Crippen molar-refractivity contribution in [3.05, 3.63) is 17.9 Å². The largest absolute Gasteiger partial charge is 0.480 e. The highest BCUT2D eigenvalue weighted by molar-refractivity contribution is 5.23. The third kappa shape index (κ3) is 1.14. The van der Waals surface area contributed by atoms with Gasteiger partial charge < -0.3 is 14.3 Å². The summed E-state index contributed by atoms with van der Waals surface area (Å²) in [6.45, 7) is 1.84. The van der Waals surface area contributed by atoms with E-state index in [9.17, 15) is 0 Å². The number of ether oxygens (including phenoxy) is 1. The van der Waals surface area contributed by atoms with E-state index in [0.29, 0.717) is 5.56 Å². The molecule has 0 amide bonds. The minimum Gasteiger partial charge on any atom is -0.480 e. The van der Waals surface area contributed by atoms with Gasteiger partial charge in [-0.2, -0.15) is 0 Å². The van der Waals surface area contributed by atoms with Gasteiger partial charge >= 0.3 is 0 Å². The fourth-order valence-corrected chi connectivity index (χ4v) is 0.747. The number of hydrogen-bond donors (Lipinski definition) is 1. The van der Waals surface area contributed by atoms with Crippen LogP contribution >= 0.6 is 0 Å². The summed E-state index contributed by atoms with van der Waals surface area (Å²) in [5.74, 6) is -0.0608. The van der Waals surface area contributed by atoms with Crippen LogP contribution in [0, 0.1) is 0 Å². The van der Waals surface area contributed by atoms with Crippen LogP contribution in [0.2, 0.25) is 0 Å². The molecule has 0 aromatic carbocycles. The van der Waals surface area contributed by atoms with Crippen LogP contribution in [0.3, 0.4) is 0 Å². The summed E-state index contributed by atoms with van der Waals surface area (Å²) in [6, 6.07) is 1.68. The maximum absolute atomic E-state index is 9.01. The highest BCUT2D eigenvalue weighted by Gasteiger charge is 2.10. The molecule has 0 radical (unpaired) electrons. The van der Waals surface area contributed by atoms with Crippen LogP contribution in [0.5, 0.6) is 5.95 Å². The summed E-state index contributed by atoms with van der Waals surface area (Å²) in [5, 5.41) is 9.01. The first-order chi connectivity index (χ1) is 4.75. The Morgan fingerprint density at radius 2 is 2.40 bits per heavy atom. The fourth-order valence-electron chi connectivity index (χ4n) is 0.747. The summed E-state index contributed by atoms with van der Waals surface area (Å²) < 4.78 is 9.62. The normalized spacial score (nSPS) is 13.4. The van der Waals surface area contributed by atoms with Gasteiger partial charge in [-0.05, 0) is 13.0 Å². The van der Waals surface area contributed by atoms with E-state index in [1.54, 1.807) is 13.2 Å². The number of furan rings is 1. The number of methoxy groups -OCH3 is 1. The Labute approximate surface area is 59.2 Å². The van der Waals surface area contributed by atoms with E-state index in [1.807, 2.05) is 6.92 Å². The summed E-state index contributed by atoms with van der Waals surface area (Å²) in [6.07, 6.45) is 1.32. The first-order valence-corrected chi connectivity index (χ1v) is 3.05. The average Bonchev–Trinajstić information content (AvgIpc) is 2.34. The van der Waals surface area contributed by atoms with Gasteiger partial charge in [0, 0.05) is 7.11 Å². The Bertz CT molecular complexity index is 204. The van der Waals surface area contributed by atoms with Crippen LogP contribution in [0.25, 0.3) is 0 Å². The average molecular weight is 142 g/mol. The van der Waals surface area contributed by atoms with E-state index in [4.69, 9.17) is 9.84 Å². The molecule has 1 atom stereocenters. The lowest BCUT2D eigenvalue weighted by atomic mass is 10.2. The molecule has 0 spiro atoms.